The summed E-state index contributed by atoms with van der Waals surface area (Å²) in [5.74, 6) is 1.79. The number of methoxy groups -OCH3 is 1. The number of hydrogen-bond donors (Lipinski definition) is 0. The molecule has 0 saturated carbocycles. The number of rotatable bonds is 7. The van der Waals surface area contributed by atoms with Gasteiger partial charge in [-0.1, -0.05) is 40.5 Å². The average molecular weight is 316 g/mol. The Morgan fingerprint density at radius 3 is 2.87 bits per heavy atom. The molecule has 0 fully saturated rings. The second-order valence-corrected chi connectivity index (χ2v) is 5.09. The van der Waals surface area contributed by atoms with Crippen molar-refractivity contribution in [2.45, 2.75) is 18.6 Å². The number of nitrogens with zero attached hydrogens (tertiary/aromatic N) is 4. The normalized spacial score (nSPS) is 19.0. The Bertz CT molecular complexity index is 647. The van der Waals surface area contributed by atoms with Crippen molar-refractivity contribution < 1.29 is 14.0 Å². The van der Waals surface area contributed by atoms with Gasteiger partial charge in [0.1, 0.15) is 12.8 Å². The van der Waals surface area contributed by atoms with Crippen molar-refractivity contribution >= 4 is 5.71 Å². The minimum atomic E-state index is -0.640. The molecule has 1 aliphatic heterocycles. The molecule has 1 aliphatic rings. The molecule has 3 atom stereocenters. The second kappa shape index (κ2) is 8.18. The molecule has 0 bridgehead atoms. The lowest BCUT2D eigenvalue weighted by molar-refractivity contribution is 0.0624. The number of oxime groups is 1. The molecule has 0 saturated heterocycles. The topological polar surface area (TPSA) is 79.6 Å². The molecule has 0 spiro atoms. The van der Waals surface area contributed by atoms with Crippen LogP contribution in [0.2, 0.25) is 0 Å². The van der Waals surface area contributed by atoms with E-state index in [2.05, 4.69) is 21.1 Å². The molecule has 1 aromatic carbocycles. The summed E-state index contributed by atoms with van der Waals surface area (Å²) >= 11 is 0. The van der Waals surface area contributed by atoms with E-state index >= 15 is 0 Å². The SMILES string of the molecule is C#C[C@H](CF)[C@H](OC)c1ccc(C2=NO[C@H](CN=[N+]=[N-])C2)cc1. The number of terminal acetylenes is 1. The Kier molecular flexibility index (Phi) is 5.98. The van der Waals surface area contributed by atoms with E-state index in [0.29, 0.717) is 6.42 Å². The van der Waals surface area contributed by atoms with E-state index in [1.807, 2.05) is 24.3 Å². The van der Waals surface area contributed by atoms with Crippen LogP contribution < -0.4 is 0 Å². The molecule has 0 amide bonds. The molecule has 120 valence electrons. The first-order chi connectivity index (χ1) is 11.2. The van der Waals surface area contributed by atoms with Crippen molar-refractivity contribution in [3.63, 3.8) is 0 Å². The molecular weight excluding hydrogens is 299 g/mol. The predicted octanol–water partition coefficient (Wildman–Crippen LogP) is 3.40. The number of hydrogen-bond acceptors (Lipinski definition) is 4. The molecular formula is C16H17FN4O2. The third kappa shape index (κ3) is 4.01. The van der Waals surface area contributed by atoms with Gasteiger partial charge >= 0.3 is 0 Å². The largest absolute Gasteiger partial charge is 0.392 e. The first-order valence-corrected chi connectivity index (χ1v) is 7.12. The van der Waals surface area contributed by atoms with Crippen LogP contribution in [0.3, 0.4) is 0 Å². The van der Waals surface area contributed by atoms with Gasteiger partial charge in [0, 0.05) is 18.4 Å². The van der Waals surface area contributed by atoms with Gasteiger partial charge in [-0.05, 0) is 16.7 Å². The van der Waals surface area contributed by atoms with Crippen LogP contribution in [0, 0.1) is 18.3 Å². The van der Waals surface area contributed by atoms with E-state index in [1.165, 1.54) is 7.11 Å². The summed E-state index contributed by atoms with van der Waals surface area (Å²) in [5, 5.41) is 7.49. The molecule has 1 heterocycles. The molecule has 0 unspecified atom stereocenters. The maximum Gasteiger partial charge on any atom is 0.138 e. The van der Waals surface area contributed by atoms with Crippen LogP contribution >= 0.6 is 0 Å². The lowest BCUT2D eigenvalue weighted by Gasteiger charge is -2.20. The highest BCUT2D eigenvalue weighted by atomic mass is 19.1. The second-order valence-electron chi connectivity index (χ2n) is 5.09. The van der Waals surface area contributed by atoms with E-state index in [9.17, 15) is 4.39 Å². The first kappa shape index (κ1) is 16.8. The van der Waals surface area contributed by atoms with Crippen LogP contribution in [0.5, 0.6) is 0 Å². The van der Waals surface area contributed by atoms with Gasteiger partial charge in [-0.2, -0.15) is 0 Å². The number of halogens is 1. The molecule has 6 nitrogen and oxygen atoms in total. The maximum absolute atomic E-state index is 13.0. The summed E-state index contributed by atoms with van der Waals surface area (Å²) < 4.78 is 18.3. The summed E-state index contributed by atoms with van der Waals surface area (Å²) in [5.41, 5.74) is 10.8. The zero-order valence-corrected chi connectivity index (χ0v) is 12.7. The summed E-state index contributed by atoms with van der Waals surface area (Å²) in [6, 6.07) is 7.41. The monoisotopic (exact) mass is 316 g/mol. The quantitative estimate of drug-likeness (QED) is 0.334. The number of ether oxygens (including phenoxy) is 1. The fourth-order valence-electron chi connectivity index (χ4n) is 2.44. The van der Waals surface area contributed by atoms with E-state index in [0.717, 1.165) is 16.8 Å². The minimum Gasteiger partial charge on any atom is -0.392 e. The molecule has 2 rings (SSSR count). The lowest BCUT2D eigenvalue weighted by atomic mass is 9.95. The van der Waals surface area contributed by atoms with Crippen LogP contribution in [-0.4, -0.2) is 32.1 Å². The van der Waals surface area contributed by atoms with Crippen LogP contribution in [-0.2, 0) is 9.57 Å². The molecule has 23 heavy (non-hydrogen) atoms. The van der Waals surface area contributed by atoms with Crippen molar-refractivity contribution in [2.24, 2.45) is 16.2 Å². The van der Waals surface area contributed by atoms with Gasteiger partial charge in [-0.15, -0.1) is 6.42 Å². The number of alkyl halides is 1. The van der Waals surface area contributed by atoms with Crippen LogP contribution in [0.15, 0.2) is 34.5 Å². The number of azide groups is 1. The first-order valence-electron chi connectivity index (χ1n) is 7.12. The Balaban J connectivity index is 2.08. The highest BCUT2D eigenvalue weighted by Crippen LogP contribution is 2.27. The van der Waals surface area contributed by atoms with Gasteiger partial charge in [0.05, 0.1) is 24.3 Å². The maximum atomic E-state index is 13.0. The molecule has 1 aromatic rings. The van der Waals surface area contributed by atoms with Gasteiger partial charge in [0.25, 0.3) is 0 Å². The van der Waals surface area contributed by atoms with E-state index in [1.54, 1.807) is 0 Å². The molecule has 0 radical (unpaired) electrons. The molecule has 0 aliphatic carbocycles. The van der Waals surface area contributed by atoms with E-state index in [4.69, 9.17) is 21.5 Å². The highest BCUT2D eigenvalue weighted by molar-refractivity contribution is 6.01. The van der Waals surface area contributed by atoms with Crippen molar-refractivity contribution in [3.05, 3.63) is 45.8 Å². The summed E-state index contributed by atoms with van der Waals surface area (Å²) in [6.07, 6.45) is 5.20. The van der Waals surface area contributed by atoms with Gasteiger partial charge in [-0.25, -0.2) is 4.39 Å². The smallest absolute Gasteiger partial charge is 0.138 e. The third-order valence-electron chi connectivity index (χ3n) is 3.65. The Labute approximate surface area is 133 Å². The number of benzene rings is 1. The standard InChI is InChI=1S/C16H17FN4O2/c1-3-11(9-17)16(22-2)13-6-4-12(5-7-13)15-8-14(23-20-15)10-19-21-18/h1,4-7,11,14,16H,8-10H2,2H3/t11-,14+,16+/m1/s1. The van der Waals surface area contributed by atoms with Gasteiger partial charge in [0.2, 0.25) is 0 Å². The molecule has 0 aromatic heterocycles. The Morgan fingerprint density at radius 1 is 1.57 bits per heavy atom. The fourth-order valence-corrected chi connectivity index (χ4v) is 2.44. The molecule has 7 heteroatoms. The predicted molar refractivity (Wildman–Crippen MR) is 84.5 cm³/mol. The Hall–Kier alpha value is -2.55. The summed E-state index contributed by atoms with van der Waals surface area (Å²) in [4.78, 5) is 7.92. The van der Waals surface area contributed by atoms with Gasteiger partial charge in [-0.3, -0.25) is 0 Å². The van der Waals surface area contributed by atoms with Crippen LogP contribution in [0.25, 0.3) is 10.4 Å². The van der Waals surface area contributed by atoms with E-state index < -0.39 is 18.7 Å². The summed E-state index contributed by atoms with van der Waals surface area (Å²) in [6.45, 7) is -0.397. The van der Waals surface area contributed by atoms with Gasteiger partial charge in [0.15, 0.2) is 0 Å². The Morgan fingerprint density at radius 2 is 2.30 bits per heavy atom. The van der Waals surface area contributed by atoms with Crippen molar-refractivity contribution in [2.75, 3.05) is 20.3 Å². The summed E-state index contributed by atoms with van der Waals surface area (Å²) in [7, 11) is 1.51. The van der Waals surface area contributed by atoms with Crippen LogP contribution in [0.1, 0.15) is 23.7 Å². The average Bonchev–Trinajstić information content (AvgIpc) is 3.07. The van der Waals surface area contributed by atoms with Gasteiger partial charge < -0.3 is 9.57 Å². The van der Waals surface area contributed by atoms with Crippen molar-refractivity contribution in [3.8, 4) is 12.3 Å². The van der Waals surface area contributed by atoms with Crippen molar-refractivity contribution in [1.29, 1.82) is 0 Å². The van der Waals surface area contributed by atoms with Crippen molar-refractivity contribution in [1.82, 2.24) is 0 Å². The van der Waals surface area contributed by atoms with E-state index in [-0.39, 0.29) is 12.6 Å². The third-order valence-corrected chi connectivity index (χ3v) is 3.65. The minimum absolute atomic E-state index is 0.232. The zero-order chi connectivity index (χ0) is 16.7. The van der Waals surface area contributed by atoms with Crippen LogP contribution in [0.4, 0.5) is 4.39 Å². The highest BCUT2D eigenvalue weighted by Gasteiger charge is 2.23. The fraction of sp³-hybridized carbons (Fsp3) is 0.438. The zero-order valence-electron chi connectivity index (χ0n) is 12.7. The molecule has 0 N–H and O–H groups in total. The lowest BCUT2D eigenvalue weighted by Crippen LogP contribution is -2.15.